The van der Waals surface area contributed by atoms with Gasteiger partial charge in [-0.1, -0.05) is 97.1 Å². The quantitative estimate of drug-likeness (QED) is 0.177. The normalized spacial score (nSPS) is 13.4. The van der Waals surface area contributed by atoms with E-state index >= 15 is 0 Å². The van der Waals surface area contributed by atoms with Crippen LogP contribution in [0, 0.1) is 0 Å². The lowest BCUT2D eigenvalue weighted by Gasteiger charge is -2.42. The van der Waals surface area contributed by atoms with Gasteiger partial charge in [-0.2, -0.15) is 0 Å². The SMILES string of the molecule is c1ccc(N2B3c4ccccc4-n4c5ccccc5c5c6ccccc6c(c3c54)-c3cc4c(cc32)sc2ccccc24)cc1. The van der Waals surface area contributed by atoms with Crippen molar-refractivity contribution in [1.82, 2.24) is 4.57 Å². The van der Waals surface area contributed by atoms with Crippen LogP contribution in [-0.4, -0.2) is 11.4 Å². The van der Waals surface area contributed by atoms with Crippen LogP contribution in [0.15, 0.2) is 140 Å². The lowest BCUT2D eigenvalue weighted by molar-refractivity contribution is 1.18. The van der Waals surface area contributed by atoms with E-state index in [4.69, 9.17) is 0 Å². The standard InChI is InChI=1S/C40H23BN2S/c1-2-12-24(13-3-1)43-34-23-36-29(25-14-7-11-21-35(25)44-36)22-30(34)37-26-15-4-5-16-27(26)38-28-17-6-9-19-32(28)42-33-20-10-8-18-31(33)41(43)39(37)40(38)42/h1-23H. The first-order valence-electron chi connectivity index (χ1n) is 15.2. The lowest BCUT2D eigenvalue weighted by Crippen LogP contribution is -2.60. The highest BCUT2D eigenvalue weighted by Gasteiger charge is 2.44. The van der Waals surface area contributed by atoms with Crippen molar-refractivity contribution in [2.75, 3.05) is 4.81 Å². The summed E-state index contributed by atoms with van der Waals surface area (Å²) in [5.41, 5.74) is 11.8. The molecule has 4 heteroatoms. The maximum atomic E-state index is 2.62. The third-order valence-corrected chi connectivity index (χ3v) is 11.1. The zero-order valence-corrected chi connectivity index (χ0v) is 24.5. The van der Waals surface area contributed by atoms with E-state index in [0.29, 0.717) is 0 Å². The van der Waals surface area contributed by atoms with E-state index in [1.54, 1.807) is 0 Å². The fourth-order valence-electron chi connectivity index (χ4n) is 8.28. The van der Waals surface area contributed by atoms with E-state index in [1.165, 1.54) is 91.9 Å². The Morgan fingerprint density at radius 3 is 2.11 bits per heavy atom. The molecule has 0 aliphatic carbocycles. The second-order valence-corrected chi connectivity index (χ2v) is 13.1. The Hall–Kier alpha value is -5.32. The van der Waals surface area contributed by atoms with Crippen molar-refractivity contribution in [3.05, 3.63) is 140 Å². The van der Waals surface area contributed by atoms with Gasteiger partial charge in [0.15, 0.2) is 0 Å². The average Bonchev–Trinajstić information content (AvgIpc) is 3.63. The molecule has 2 aromatic heterocycles. The van der Waals surface area contributed by atoms with Crippen molar-refractivity contribution in [1.29, 1.82) is 0 Å². The molecule has 7 aromatic carbocycles. The first-order chi connectivity index (χ1) is 21.9. The summed E-state index contributed by atoms with van der Waals surface area (Å²) in [7, 11) is 0. The molecule has 0 unspecified atom stereocenters. The summed E-state index contributed by atoms with van der Waals surface area (Å²) < 4.78 is 5.22. The van der Waals surface area contributed by atoms with Gasteiger partial charge in [-0.05, 0) is 69.7 Å². The third-order valence-electron chi connectivity index (χ3n) is 9.93. The number of benzene rings is 7. The molecule has 44 heavy (non-hydrogen) atoms. The van der Waals surface area contributed by atoms with E-state index in [-0.39, 0.29) is 6.85 Å². The Morgan fingerprint density at radius 1 is 0.523 bits per heavy atom. The Bertz CT molecular complexity index is 2680. The molecule has 0 spiro atoms. The molecule has 202 valence electrons. The molecule has 4 heterocycles. The molecule has 9 aromatic rings. The minimum absolute atomic E-state index is 0.0341. The van der Waals surface area contributed by atoms with Gasteiger partial charge in [0.05, 0.1) is 11.0 Å². The first kappa shape index (κ1) is 23.2. The monoisotopic (exact) mass is 574 g/mol. The Balaban J connectivity index is 1.43. The zero-order chi connectivity index (χ0) is 28.5. The first-order valence-corrected chi connectivity index (χ1v) is 16.1. The molecule has 0 amide bonds. The number of hydrogen-bond acceptors (Lipinski definition) is 2. The molecule has 2 aliphatic heterocycles. The van der Waals surface area contributed by atoms with Gasteiger partial charge >= 0.3 is 6.85 Å². The number of aromatic nitrogens is 1. The van der Waals surface area contributed by atoms with Crippen LogP contribution in [0.5, 0.6) is 0 Å². The molecule has 0 saturated heterocycles. The van der Waals surface area contributed by atoms with E-state index < -0.39 is 0 Å². The van der Waals surface area contributed by atoms with Gasteiger partial charge < -0.3 is 9.38 Å². The fraction of sp³-hybridized carbons (Fsp3) is 0. The molecule has 2 nitrogen and oxygen atoms in total. The largest absolute Gasteiger partial charge is 0.376 e. The van der Waals surface area contributed by atoms with Gasteiger partial charge in [0, 0.05) is 53.6 Å². The van der Waals surface area contributed by atoms with Crippen molar-refractivity contribution in [2.45, 2.75) is 0 Å². The smallest absolute Gasteiger partial charge is 0.333 e. The van der Waals surface area contributed by atoms with E-state index in [9.17, 15) is 0 Å². The number of nitrogens with zero attached hydrogens (tertiary/aromatic N) is 2. The van der Waals surface area contributed by atoms with Gasteiger partial charge in [0.2, 0.25) is 0 Å². The second-order valence-electron chi connectivity index (χ2n) is 12.0. The third kappa shape index (κ3) is 2.74. The highest BCUT2D eigenvalue weighted by Crippen LogP contribution is 2.50. The molecule has 2 aliphatic rings. The van der Waals surface area contributed by atoms with Crippen LogP contribution in [0.4, 0.5) is 11.4 Å². The molecule has 11 rings (SSSR count). The Morgan fingerprint density at radius 2 is 1.23 bits per heavy atom. The molecular weight excluding hydrogens is 551 g/mol. The average molecular weight is 575 g/mol. The minimum Gasteiger partial charge on any atom is -0.376 e. The molecule has 0 saturated carbocycles. The van der Waals surface area contributed by atoms with Crippen molar-refractivity contribution in [2.24, 2.45) is 0 Å². The van der Waals surface area contributed by atoms with E-state index in [0.717, 1.165) is 0 Å². The Labute approximate surface area is 258 Å². The van der Waals surface area contributed by atoms with Crippen LogP contribution in [0.2, 0.25) is 0 Å². The maximum absolute atomic E-state index is 2.62. The van der Waals surface area contributed by atoms with Crippen molar-refractivity contribution in [3.8, 4) is 16.8 Å². The van der Waals surface area contributed by atoms with Gasteiger partial charge in [0.1, 0.15) is 0 Å². The second kappa shape index (κ2) is 8.19. The van der Waals surface area contributed by atoms with Gasteiger partial charge in [-0.3, -0.25) is 0 Å². The fourth-order valence-corrected chi connectivity index (χ4v) is 9.40. The zero-order valence-electron chi connectivity index (χ0n) is 23.7. The summed E-state index contributed by atoms with van der Waals surface area (Å²) in [6, 6.07) is 51.9. The predicted molar refractivity (Wildman–Crippen MR) is 190 cm³/mol. The maximum Gasteiger partial charge on any atom is 0.333 e. The molecular formula is C40H23BN2S. The molecule has 0 fully saturated rings. The summed E-state index contributed by atoms with van der Waals surface area (Å²) in [5.74, 6) is 0. The summed E-state index contributed by atoms with van der Waals surface area (Å²) >= 11 is 1.90. The predicted octanol–water partition coefficient (Wildman–Crippen LogP) is 9.54. The lowest BCUT2D eigenvalue weighted by atomic mass is 9.43. The summed E-state index contributed by atoms with van der Waals surface area (Å²) in [5, 5.41) is 7.99. The van der Waals surface area contributed by atoms with Gasteiger partial charge in [-0.15, -0.1) is 11.3 Å². The summed E-state index contributed by atoms with van der Waals surface area (Å²) in [6.45, 7) is 0.0341. The van der Waals surface area contributed by atoms with Crippen LogP contribution in [-0.2, 0) is 0 Å². The highest BCUT2D eigenvalue weighted by atomic mass is 32.1. The summed E-state index contributed by atoms with van der Waals surface area (Å²) in [6.07, 6.45) is 0. The Kier molecular flexibility index (Phi) is 4.32. The van der Waals surface area contributed by atoms with Gasteiger partial charge in [-0.25, -0.2) is 0 Å². The molecule has 0 bridgehead atoms. The number of anilines is 2. The van der Waals surface area contributed by atoms with Crippen LogP contribution in [0.3, 0.4) is 0 Å². The number of fused-ring (bicyclic) bond motifs is 14. The van der Waals surface area contributed by atoms with Crippen molar-refractivity contribution >= 4 is 93.2 Å². The van der Waals surface area contributed by atoms with Crippen molar-refractivity contribution in [3.63, 3.8) is 0 Å². The van der Waals surface area contributed by atoms with Crippen molar-refractivity contribution < 1.29 is 0 Å². The number of para-hydroxylation sites is 3. The van der Waals surface area contributed by atoms with Crippen LogP contribution in [0.1, 0.15) is 0 Å². The minimum atomic E-state index is 0.0341. The molecule has 0 N–H and O–H groups in total. The van der Waals surface area contributed by atoms with Gasteiger partial charge in [0.25, 0.3) is 0 Å². The van der Waals surface area contributed by atoms with E-state index in [2.05, 4.69) is 149 Å². The number of hydrogen-bond donors (Lipinski definition) is 0. The number of rotatable bonds is 1. The topological polar surface area (TPSA) is 8.17 Å². The van der Waals surface area contributed by atoms with Crippen LogP contribution < -0.4 is 15.7 Å². The number of thiophene rings is 1. The molecule has 0 radical (unpaired) electrons. The molecule has 0 atom stereocenters. The van der Waals surface area contributed by atoms with E-state index in [1.807, 2.05) is 11.3 Å². The summed E-state index contributed by atoms with van der Waals surface area (Å²) in [4.78, 5) is 2.62. The highest BCUT2D eigenvalue weighted by molar-refractivity contribution is 7.25. The van der Waals surface area contributed by atoms with Crippen LogP contribution >= 0.6 is 11.3 Å². The van der Waals surface area contributed by atoms with Crippen LogP contribution in [0.25, 0.3) is 69.6 Å².